The second-order valence-corrected chi connectivity index (χ2v) is 6.02. The molecule has 0 aromatic heterocycles. The van der Waals surface area contributed by atoms with E-state index >= 15 is 0 Å². The number of Topliss-reactive ketones (excluding diaryl/α,β-unsaturated/α-hetero) is 1. The van der Waals surface area contributed by atoms with Crippen LogP contribution in [-0.2, 0) is 4.79 Å². The Morgan fingerprint density at radius 3 is 2.71 bits per heavy atom. The van der Waals surface area contributed by atoms with Crippen LogP contribution in [0.25, 0.3) is 0 Å². The number of benzene rings is 1. The van der Waals surface area contributed by atoms with E-state index in [4.69, 9.17) is 0 Å². The summed E-state index contributed by atoms with van der Waals surface area (Å²) in [5.41, 5.74) is 1.14. The van der Waals surface area contributed by atoms with Crippen molar-refractivity contribution in [3.63, 3.8) is 0 Å². The van der Waals surface area contributed by atoms with Crippen LogP contribution in [0.3, 0.4) is 0 Å². The minimum Gasteiger partial charge on any atom is -0.322 e. The van der Waals surface area contributed by atoms with Gasteiger partial charge in [-0.05, 0) is 19.8 Å². The number of hydrogen-bond donors (Lipinski definition) is 0. The number of carbonyl (C=O) groups excluding carboxylic acids is 2. The molecule has 1 aromatic rings. The van der Waals surface area contributed by atoms with Gasteiger partial charge < -0.3 is 4.90 Å². The molecular formula is C18H19NO2. The predicted octanol–water partition coefficient (Wildman–Crippen LogP) is 3.20. The van der Waals surface area contributed by atoms with Crippen LogP contribution < -0.4 is 0 Å². The van der Waals surface area contributed by atoms with Crippen LogP contribution in [0.4, 0.5) is 0 Å². The highest BCUT2D eigenvalue weighted by Gasteiger charge is 2.50. The van der Waals surface area contributed by atoms with Gasteiger partial charge in [0.25, 0.3) is 0 Å². The summed E-state index contributed by atoms with van der Waals surface area (Å²) in [5.74, 6) is -0.201. The van der Waals surface area contributed by atoms with Gasteiger partial charge in [-0.2, -0.15) is 0 Å². The van der Waals surface area contributed by atoms with E-state index in [1.54, 1.807) is 18.1 Å². The fraction of sp³-hybridized carbons (Fsp3) is 0.333. The Hall–Kier alpha value is -2.16. The van der Waals surface area contributed by atoms with Crippen LogP contribution in [0.1, 0.15) is 30.1 Å². The number of nitrogens with zero attached hydrogens (tertiary/aromatic N) is 1. The molecule has 0 unspecified atom stereocenters. The molecule has 3 heteroatoms. The molecule has 0 radical (unpaired) electrons. The molecule has 1 amide bonds. The maximum Gasteiger partial charge on any atom is 0.231 e. The molecule has 1 heterocycles. The fourth-order valence-electron chi connectivity index (χ4n) is 3.42. The van der Waals surface area contributed by atoms with E-state index in [1.807, 2.05) is 43.3 Å². The average molecular weight is 281 g/mol. The molecule has 108 valence electrons. The Morgan fingerprint density at radius 2 is 2.00 bits per heavy atom. The van der Waals surface area contributed by atoms with E-state index in [1.165, 1.54) is 5.57 Å². The highest BCUT2D eigenvalue weighted by atomic mass is 16.2. The van der Waals surface area contributed by atoms with Crippen molar-refractivity contribution < 1.29 is 9.59 Å². The Kier molecular flexibility index (Phi) is 3.28. The first-order valence-corrected chi connectivity index (χ1v) is 7.26. The third-order valence-corrected chi connectivity index (χ3v) is 4.60. The number of carbonyl (C=O) groups is 2. The summed E-state index contributed by atoms with van der Waals surface area (Å²) in [6.45, 7) is 2.03. The van der Waals surface area contributed by atoms with E-state index < -0.39 is 5.41 Å². The molecule has 0 saturated heterocycles. The van der Waals surface area contributed by atoms with Gasteiger partial charge in [-0.3, -0.25) is 9.59 Å². The molecule has 0 bridgehead atoms. The fourth-order valence-corrected chi connectivity index (χ4v) is 3.42. The standard InChI is InChI=1S/C18H19NO2/c1-13-8-9-15-17(21)19(2)11-10-18(15,12-13)16(20)14-6-4-3-5-7-14/h3-8,10-11,15H,9,12H2,1-2H3/t15-,18+/m0/s1. The lowest BCUT2D eigenvalue weighted by molar-refractivity contribution is -0.135. The lowest BCUT2D eigenvalue weighted by atomic mass is 9.61. The number of allylic oxidation sites excluding steroid dienone is 3. The SMILES string of the molecule is CC1=CC[C@H]2C(=O)N(C)C=C[C@@]2(C(=O)c2ccccc2)C1. The first-order valence-electron chi connectivity index (χ1n) is 7.26. The monoisotopic (exact) mass is 281 g/mol. The number of rotatable bonds is 2. The third kappa shape index (κ3) is 2.13. The van der Waals surface area contributed by atoms with E-state index in [0.29, 0.717) is 18.4 Å². The van der Waals surface area contributed by atoms with Crippen molar-refractivity contribution in [3.05, 3.63) is 59.8 Å². The van der Waals surface area contributed by atoms with Gasteiger partial charge in [-0.15, -0.1) is 0 Å². The molecule has 0 saturated carbocycles. The largest absolute Gasteiger partial charge is 0.322 e. The third-order valence-electron chi connectivity index (χ3n) is 4.60. The molecule has 0 spiro atoms. The Morgan fingerprint density at radius 1 is 1.29 bits per heavy atom. The summed E-state index contributed by atoms with van der Waals surface area (Å²) < 4.78 is 0. The second kappa shape index (κ2) is 4.99. The maximum atomic E-state index is 13.1. The molecule has 2 atom stereocenters. The molecular weight excluding hydrogens is 262 g/mol. The van der Waals surface area contributed by atoms with Crippen molar-refractivity contribution >= 4 is 11.7 Å². The lowest BCUT2D eigenvalue weighted by Gasteiger charge is -2.43. The highest BCUT2D eigenvalue weighted by Crippen LogP contribution is 2.47. The van der Waals surface area contributed by atoms with Gasteiger partial charge in [-0.1, -0.05) is 48.1 Å². The summed E-state index contributed by atoms with van der Waals surface area (Å²) in [6.07, 6.45) is 7.04. The highest BCUT2D eigenvalue weighted by molar-refractivity contribution is 6.05. The second-order valence-electron chi connectivity index (χ2n) is 6.02. The first-order chi connectivity index (χ1) is 10.0. The summed E-state index contributed by atoms with van der Waals surface area (Å²) in [5, 5.41) is 0. The van der Waals surface area contributed by atoms with Crippen molar-refractivity contribution in [2.24, 2.45) is 11.3 Å². The van der Waals surface area contributed by atoms with E-state index in [9.17, 15) is 9.59 Å². The molecule has 2 aliphatic rings. The molecule has 21 heavy (non-hydrogen) atoms. The molecule has 1 aromatic carbocycles. The van der Waals surface area contributed by atoms with Gasteiger partial charge in [-0.25, -0.2) is 0 Å². The van der Waals surface area contributed by atoms with Crippen molar-refractivity contribution in [1.29, 1.82) is 0 Å². The summed E-state index contributed by atoms with van der Waals surface area (Å²) >= 11 is 0. The van der Waals surface area contributed by atoms with Crippen molar-refractivity contribution in [2.75, 3.05) is 7.05 Å². The van der Waals surface area contributed by atoms with E-state index in [0.717, 1.165) is 0 Å². The van der Waals surface area contributed by atoms with E-state index in [-0.39, 0.29) is 17.6 Å². The Labute approximate surface area is 125 Å². The zero-order valence-electron chi connectivity index (χ0n) is 12.4. The summed E-state index contributed by atoms with van der Waals surface area (Å²) in [4.78, 5) is 27.2. The smallest absolute Gasteiger partial charge is 0.231 e. The van der Waals surface area contributed by atoms with Crippen LogP contribution in [0.2, 0.25) is 0 Å². The number of hydrogen-bond acceptors (Lipinski definition) is 2. The molecule has 0 fully saturated rings. The van der Waals surface area contributed by atoms with Crippen LogP contribution >= 0.6 is 0 Å². The number of amides is 1. The van der Waals surface area contributed by atoms with Crippen molar-refractivity contribution in [2.45, 2.75) is 19.8 Å². The normalized spacial score (nSPS) is 28.1. The minimum absolute atomic E-state index is 0.0329. The zero-order valence-corrected chi connectivity index (χ0v) is 12.4. The number of ketones is 1. The van der Waals surface area contributed by atoms with Gasteiger partial charge in [0.2, 0.25) is 5.91 Å². The first kappa shape index (κ1) is 13.8. The van der Waals surface area contributed by atoms with Crippen LogP contribution in [0.5, 0.6) is 0 Å². The molecule has 3 nitrogen and oxygen atoms in total. The predicted molar refractivity (Wildman–Crippen MR) is 81.6 cm³/mol. The quantitative estimate of drug-likeness (QED) is 0.616. The topological polar surface area (TPSA) is 37.4 Å². The van der Waals surface area contributed by atoms with E-state index in [2.05, 4.69) is 6.08 Å². The van der Waals surface area contributed by atoms with Gasteiger partial charge in [0, 0.05) is 18.8 Å². The molecule has 1 aliphatic heterocycles. The van der Waals surface area contributed by atoms with Crippen LogP contribution in [-0.4, -0.2) is 23.6 Å². The van der Waals surface area contributed by atoms with Gasteiger partial charge in [0.1, 0.15) is 0 Å². The minimum atomic E-state index is -0.718. The summed E-state index contributed by atoms with van der Waals surface area (Å²) in [6, 6.07) is 9.29. The van der Waals surface area contributed by atoms with Crippen molar-refractivity contribution in [1.82, 2.24) is 4.90 Å². The zero-order chi connectivity index (χ0) is 15.0. The Balaban J connectivity index is 2.10. The maximum absolute atomic E-state index is 13.1. The van der Waals surface area contributed by atoms with Crippen molar-refractivity contribution in [3.8, 4) is 0 Å². The number of fused-ring (bicyclic) bond motifs is 1. The summed E-state index contributed by atoms with van der Waals surface area (Å²) in [7, 11) is 1.75. The van der Waals surface area contributed by atoms with Gasteiger partial charge in [0.15, 0.2) is 5.78 Å². The van der Waals surface area contributed by atoms with Crippen LogP contribution in [0, 0.1) is 11.3 Å². The molecule has 0 N–H and O–H groups in total. The Bertz CT molecular complexity index is 644. The molecule has 3 rings (SSSR count). The average Bonchev–Trinajstić information content (AvgIpc) is 2.51. The van der Waals surface area contributed by atoms with Gasteiger partial charge >= 0.3 is 0 Å². The van der Waals surface area contributed by atoms with Crippen LogP contribution in [0.15, 0.2) is 54.3 Å². The lowest BCUT2D eigenvalue weighted by Crippen LogP contribution is -2.49. The van der Waals surface area contributed by atoms with Gasteiger partial charge in [0.05, 0.1) is 11.3 Å². The molecule has 1 aliphatic carbocycles.